The second kappa shape index (κ2) is 4.63. The van der Waals surface area contributed by atoms with Crippen LogP contribution in [0.4, 0.5) is 11.4 Å². The number of benzene rings is 1. The summed E-state index contributed by atoms with van der Waals surface area (Å²) in [6.45, 7) is 2.22. The second-order valence-corrected chi connectivity index (χ2v) is 5.26. The maximum Gasteiger partial charge on any atom is 0.122 e. The van der Waals surface area contributed by atoms with Crippen molar-refractivity contribution in [3.8, 4) is 0 Å². The molecule has 1 aliphatic rings. The number of rotatable bonds is 2. The molecule has 1 aliphatic heterocycles. The third-order valence-corrected chi connectivity index (χ3v) is 3.69. The van der Waals surface area contributed by atoms with Crippen LogP contribution in [0.3, 0.4) is 0 Å². The first-order valence-electron chi connectivity index (χ1n) is 6.30. The molecule has 3 nitrogen and oxygen atoms in total. The van der Waals surface area contributed by atoms with E-state index in [4.69, 9.17) is 18.0 Å². The van der Waals surface area contributed by atoms with Crippen LogP contribution in [-0.2, 0) is 6.42 Å². The summed E-state index contributed by atoms with van der Waals surface area (Å²) in [5.41, 5.74) is 10.1. The number of pyridine rings is 1. The van der Waals surface area contributed by atoms with Crippen LogP contribution in [0.25, 0.3) is 0 Å². The monoisotopic (exact) mass is 269 g/mol. The van der Waals surface area contributed by atoms with E-state index in [2.05, 4.69) is 41.1 Å². The van der Waals surface area contributed by atoms with Gasteiger partial charge in [-0.3, -0.25) is 4.98 Å². The van der Waals surface area contributed by atoms with E-state index >= 15 is 0 Å². The molecule has 2 aromatic rings. The molecule has 96 valence electrons. The van der Waals surface area contributed by atoms with Crippen molar-refractivity contribution in [1.82, 2.24) is 4.98 Å². The zero-order chi connectivity index (χ0) is 13.4. The van der Waals surface area contributed by atoms with E-state index in [1.54, 1.807) is 6.20 Å². The Morgan fingerprint density at radius 3 is 2.95 bits per heavy atom. The van der Waals surface area contributed by atoms with Gasteiger partial charge in [0.25, 0.3) is 0 Å². The molecule has 0 radical (unpaired) electrons. The fourth-order valence-electron chi connectivity index (χ4n) is 2.66. The first-order valence-corrected chi connectivity index (χ1v) is 6.70. The lowest BCUT2D eigenvalue weighted by atomic mass is 10.1. The van der Waals surface area contributed by atoms with Gasteiger partial charge in [-0.15, -0.1) is 0 Å². The van der Waals surface area contributed by atoms with Crippen LogP contribution in [0.15, 0.2) is 42.6 Å². The van der Waals surface area contributed by atoms with Crippen molar-refractivity contribution in [1.29, 1.82) is 0 Å². The van der Waals surface area contributed by atoms with Gasteiger partial charge in [-0.25, -0.2) is 0 Å². The van der Waals surface area contributed by atoms with Crippen molar-refractivity contribution in [3.63, 3.8) is 0 Å². The van der Waals surface area contributed by atoms with Crippen molar-refractivity contribution in [2.24, 2.45) is 5.73 Å². The molecule has 0 spiro atoms. The lowest BCUT2D eigenvalue weighted by Gasteiger charge is -2.25. The summed E-state index contributed by atoms with van der Waals surface area (Å²) < 4.78 is 0. The fraction of sp³-hybridized carbons (Fsp3) is 0.200. The number of fused-ring (bicyclic) bond motifs is 1. The van der Waals surface area contributed by atoms with Gasteiger partial charge in [-0.05, 0) is 37.1 Å². The van der Waals surface area contributed by atoms with Crippen LogP contribution in [0.2, 0.25) is 0 Å². The predicted molar refractivity (Wildman–Crippen MR) is 81.9 cm³/mol. The van der Waals surface area contributed by atoms with Gasteiger partial charge in [0, 0.05) is 23.6 Å². The standard InChI is InChI=1S/C15H15N3S/c1-10-8-11-4-2-3-5-14(11)18(10)12-6-7-17-13(9-12)15(16)19/h2-7,9-10H,8H2,1H3,(H2,16,19). The second-order valence-electron chi connectivity index (χ2n) is 4.82. The zero-order valence-corrected chi connectivity index (χ0v) is 11.5. The Labute approximate surface area is 118 Å². The Morgan fingerprint density at radius 2 is 2.16 bits per heavy atom. The summed E-state index contributed by atoms with van der Waals surface area (Å²) in [5, 5.41) is 0. The molecular weight excluding hydrogens is 254 g/mol. The highest BCUT2D eigenvalue weighted by Gasteiger charge is 2.26. The summed E-state index contributed by atoms with van der Waals surface area (Å²) >= 11 is 5.00. The van der Waals surface area contributed by atoms with Crippen LogP contribution >= 0.6 is 12.2 Å². The minimum Gasteiger partial charge on any atom is -0.388 e. The van der Waals surface area contributed by atoms with E-state index in [0.717, 1.165) is 12.1 Å². The van der Waals surface area contributed by atoms with E-state index in [0.29, 0.717) is 16.7 Å². The molecule has 2 N–H and O–H groups in total. The highest BCUT2D eigenvalue weighted by atomic mass is 32.1. The Kier molecular flexibility index (Phi) is 2.95. The molecule has 0 bridgehead atoms. The first-order chi connectivity index (χ1) is 9.16. The Hall–Kier alpha value is -1.94. The van der Waals surface area contributed by atoms with Crippen molar-refractivity contribution >= 4 is 28.6 Å². The highest BCUT2D eigenvalue weighted by Crippen LogP contribution is 2.37. The maximum atomic E-state index is 5.66. The smallest absolute Gasteiger partial charge is 0.122 e. The molecule has 0 amide bonds. The van der Waals surface area contributed by atoms with Crippen LogP contribution < -0.4 is 10.6 Å². The zero-order valence-electron chi connectivity index (χ0n) is 10.7. The third-order valence-electron chi connectivity index (χ3n) is 3.48. The molecule has 1 aromatic heterocycles. The van der Waals surface area contributed by atoms with Crippen molar-refractivity contribution < 1.29 is 0 Å². The number of hydrogen-bond acceptors (Lipinski definition) is 3. The SMILES string of the molecule is CC1Cc2ccccc2N1c1ccnc(C(N)=S)c1. The molecule has 3 rings (SSSR count). The largest absolute Gasteiger partial charge is 0.388 e. The number of hydrogen-bond donors (Lipinski definition) is 1. The van der Waals surface area contributed by atoms with Crippen molar-refractivity contribution in [3.05, 3.63) is 53.9 Å². The topological polar surface area (TPSA) is 42.2 Å². The minimum absolute atomic E-state index is 0.335. The molecule has 0 aliphatic carbocycles. The van der Waals surface area contributed by atoms with E-state index in [1.807, 2.05) is 12.1 Å². The summed E-state index contributed by atoms with van der Waals surface area (Å²) in [7, 11) is 0. The molecule has 0 saturated heterocycles. The predicted octanol–water partition coefficient (Wildman–Crippen LogP) is 2.80. The van der Waals surface area contributed by atoms with Gasteiger partial charge in [-0.2, -0.15) is 0 Å². The Bertz CT molecular complexity index is 639. The van der Waals surface area contributed by atoms with E-state index in [-0.39, 0.29) is 0 Å². The molecule has 1 aromatic carbocycles. The normalized spacial score (nSPS) is 17.3. The molecule has 4 heteroatoms. The maximum absolute atomic E-state index is 5.66. The van der Waals surface area contributed by atoms with Crippen LogP contribution in [0.5, 0.6) is 0 Å². The number of nitrogens with zero attached hydrogens (tertiary/aromatic N) is 2. The molecule has 1 atom stereocenters. The number of nitrogens with two attached hydrogens (primary N) is 1. The number of aromatic nitrogens is 1. The van der Waals surface area contributed by atoms with Gasteiger partial charge in [0.2, 0.25) is 0 Å². The summed E-state index contributed by atoms with van der Waals surface area (Å²) in [5.74, 6) is 0. The average Bonchev–Trinajstić information content (AvgIpc) is 2.74. The fourth-order valence-corrected chi connectivity index (χ4v) is 2.77. The number of para-hydroxylation sites is 1. The van der Waals surface area contributed by atoms with Crippen LogP contribution in [-0.4, -0.2) is 16.0 Å². The van der Waals surface area contributed by atoms with E-state index in [1.165, 1.54) is 11.3 Å². The summed E-state index contributed by atoms with van der Waals surface area (Å²) in [6.07, 6.45) is 2.82. The molecule has 1 unspecified atom stereocenters. The number of thiocarbonyl (C=S) groups is 1. The lowest BCUT2D eigenvalue weighted by molar-refractivity contribution is 0.758. The number of anilines is 2. The van der Waals surface area contributed by atoms with Gasteiger partial charge in [-0.1, -0.05) is 30.4 Å². The molecule has 0 saturated carbocycles. The average molecular weight is 269 g/mol. The Morgan fingerprint density at radius 1 is 1.37 bits per heavy atom. The van der Waals surface area contributed by atoms with E-state index in [9.17, 15) is 0 Å². The highest BCUT2D eigenvalue weighted by molar-refractivity contribution is 7.80. The quantitative estimate of drug-likeness (QED) is 0.851. The van der Waals surface area contributed by atoms with Crippen molar-refractivity contribution in [2.45, 2.75) is 19.4 Å². The van der Waals surface area contributed by atoms with Crippen molar-refractivity contribution in [2.75, 3.05) is 4.90 Å². The van der Waals surface area contributed by atoms with Gasteiger partial charge < -0.3 is 10.6 Å². The van der Waals surface area contributed by atoms with Gasteiger partial charge >= 0.3 is 0 Å². The Balaban J connectivity index is 2.07. The summed E-state index contributed by atoms with van der Waals surface area (Å²) in [4.78, 5) is 6.85. The molecular formula is C15H15N3S. The third kappa shape index (κ3) is 2.08. The van der Waals surface area contributed by atoms with Crippen LogP contribution in [0.1, 0.15) is 18.2 Å². The lowest BCUT2D eigenvalue weighted by Crippen LogP contribution is -2.24. The molecule has 19 heavy (non-hydrogen) atoms. The van der Waals surface area contributed by atoms with Gasteiger partial charge in [0.1, 0.15) is 4.99 Å². The van der Waals surface area contributed by atoms with Crippen LogP contribution in [0, 0.1) is 0 Å². The molecule has 2 heterocycles. The minimum atomic E-state index is 0.335. The molecule has 0 fully saturated rings. The van der Waals surface area contributed by atoms with Gasteiger partial charge in [0.15, 0.2) is 0 Å². The first kappa shape index (κ1) is 12.1. The van der Waals surface area contributed by atoms with Gasteiger partial charge in [0.05, 0.1) is 5.69 Å². The summed E-state index contributed by atoms with van der Waals surface area (Å²) in [6, 6.07) is 12.9. The van der Waals surface area contributed by atoms with E-state index < -0.39 is 0 Å².